The Hall–Kier alpha value is -2.27. The average molecular weight is 354 g/mol. The maximum absolute atomic E-state index is 12.7. The summed E-state index contributed by atoms with van der Waals surface area (Å²) in [5, 5.41) is 5.46. The van der Waals surface area contributed by atoms with E-state index in [4.69, 9.17) is 0 Å². The summed E-state index contributed by atoms with van der Waals surface area (Å²) in [4.78, 5) is 26.2. The third-order valence-electron chi connectivity index (χ3n) is 4.37. The fraction of sp³-hybridized carbons (Fsp3) is 0.300. The molecule has 0 bridgehead atoms. The van der Waals surface area contributed by atoms with Gasteiger partial charge in [0.25, 0.3) is 0 Å². The molecule has 2 atom stereocenters. The molecular formula is C20H22N2O2S. The summed E-state index contributed by atoms with van der Waals surface area (Å²) in [6.45, 7) is 5.99. The Morgan fingerprint density at radius 2 is 1.76 bits per heavy atom. The number of hydrogen-bond acceptors (Lipinski definition) is 3. The van der Waals surface area contributed by atoms with Gasteiger partial charge in [0.15, 0.2) is 0 Å². The Bertz CT molecular complexity index is 804. The van der Waals surface area contributed by atoms with Crippen LogP contribution in [-0.2, 0) is 9.59 Å². The minimum Gasteiger partial charge on any atom is -0.326 e. The summed E-state index contributed by atoms with van der Waals surface area (Å²) in [7, 11) is 0. The molecule has 130 valence electrons. The van der Waals surface area contributed by atoms with Gasteiger partial charge in [-0.3, -0.25) is 9.59 Å². The molecule has 0 spiro atoms. The first-order valence-electron chi connectivity index (χ1n) is 8.43. The second kappa shape index (κ2) is 7.31. The van der Waals surface area contributed by atoms with Crippen LogP contribution < -0.4 is 10.6 Å². The number of fused-ring (bicyclic) bond motifs is 1. The summed E-state index contributed by atoms with van der Waals surface area (Å²) in [6.07, 6.45) is 0. The first-order valence-corrected chi connectivity index (χ1v) is 9.31. The van der Waals surface area contributed by atoms with Crippen LogP contribution in [0, 0.1) is 5.92 Å². The quantitative estimate of drug-likeness (QED) is 0.850. The molecule has 0 saturated carbocycles. The number of rotatable bonds is 4. The number of thioether (sulfide) groups is 1. The van der Waals surface area contributed by atoms with Gasteiger partial charge in [0, 0.05) is 10.6 Å². The van der Waals surface area contributed by atoms with Gasteiger partial charge < -0.3 is 10.6 Å². The summed E-state index contributed by atoms with van der Waals surface area (Å²) in [5.41, 5.74) is 2.72. The fourth-order valence-electron chi connectivity index (χ4n) is 2.89. The zero-order valence-corrected chi connectivity index (χ0v) is 15.4. The van der Waals surface area contributed by atoms with E-state index in [1.165, 1.54) is 11.8 Å². The molecule has 4 nitrogen and oxygen atoms in total. The highest BCUT2D eigenvalue weighted by molar-refractivity contribution is 8.01. The van der Waals surface area contributed by atoms with E-state index in [0.29, 0.717) is 5.92 Å². The smallest absolute Gasteiger partial charge is 0.238 e. The van der Waals surface area contributed by atoms with E-state index in [0.717, 1.165) is 21.8 Å². The predicted molar refractivity (Wildman–Crippen MR) is 103 cm³/mol. The van der Waals surface area contributed by atoms with Crippen molar-refractivity contribution >= 4 is 35.0 Å². The maximum atomic E-state index is 12.7. The molecule has 2 aromatic rings. The van der Waals surface area contributed by atoms with E-state index in [-0.39, 0.29) is 11.8 Å². The van der Waals surface area contributed by atoms with Gasteiger partial charge in [0.2, 0.25) is 11.8 Å². The van der Waals surface area contributed by atoms with Crippen molar-refractivity contribution in [2.75, 3.05) is 10.6 Å². The van der Waals surface area contributed by atoms with E-state index < -0.39 is 11.2 Å². The molecule has 3 rings (SSSR count). The number of anilines is 2. The number of nitrogens with one attached hydrogen (secondary N) is 2. The molecule has 25 heavy (non-hydrogen) atoms. The first kappa shape index (κ1) is 17.5. The van der Waals surface area contributed by atoms with Crippen molar-refractivity contribution in [2.24, 2.45) is 5.92 Å². The highest BCUT2D eigenvalue weighted by atomic mass is 32.2. The van der Waals surface area contributed by atoms with Gasteiger partial charge in [0.05, 0.1) is 16.9 Å². The van der Waals surface area contributed by atoms with E-state index >= 15 is 0 Å². The zero-order valence-electron chi connectivity index (χ0n) is 14.6. The van der Waals surface area contributed by atoms with Crippen molar-refractivity contribution in [1.82, 2.24) is 0 Å². The van der Waals surface area contributed by atoms with Crippen LogP contribution >= 0.6 is 11.8 Å². The summed E-state index contributed by atoms with van der Waals surface area (Å²) >= 11 is 1.45. The molecule has 2 amide bonds. The largest absolute Gasteiger partial charge is 0.326 e. The van der Waals surface area contributed by atoms with Gasteiger partial charge in [0.1, 0.15) is 0 Å². The topological polar surface area (TPSA) is 58.2 Å². The highest BCUT2D eigenvalue weighted by Crippen LogP contribution is 2.38. The fourth-order valence-corrected chi connectivity index (χ4v) is 4.06. The lowest BCUT2D eigenvalue weighted by atomic mass is 10.00. The SMILES string of the molecule is CC(C)c1ccccc1NC(=O)C(C)C1Sc2ccccc2NC1=O. The minimum absolute atomic E-state index is 0.122. The van der Waals surface area contributed by atoms with E-state index in [1.54, 1.807) is 6.92 Å². The van der Waals surface area contributed by atoms with Crippen LogP contribution in [0.15, 0.2) is 53.4 Å². The Labute approximate surface area is 152 Å². The van der Waals surface area contributed by atoms with Crippen LogP contribution in [0.3, 0.4) is 0 Å². The first-order chi connectivity index (χ1) is 12.0. The molecule has 0 fully saturated rings. The molecule has 1 aliphatic rings. The summed E-state index contributed by atoms with van der Waals surface area (Å²) in [5.74, 6) is -0.395. The van der Waals surface area contributed by atoms with E-state index in [9.17, 15) is 9.59 Å². The van der Waals surface area contributed by atoms with Crippen LogP contribution in [0.25, 0.3) is 0 Å². The number of carbonyl (C=O) groups is 2. The Morgan fingerprint density at radius 3 is 2.52 bits per heavy atom. The van der Waals surface area contributed by atoms with Crippen molar-refractivity contribution in [3.05, 3.63) is 54.1 Å². The molecule has 1 heterocycles. The average Bonchev–Trinajstić information content (AvgIpc) is 2.60. The van der Waals surface area contributed by atoms with Crippen molar-refractivity contribution in [3.63, 3.8) is 0 Å². The molecule has 2 unspecified atom stereocenters. The van der Waals surface area contributed by atoms with Crippen LogP contribution in [0.2, 0.25) is 0 Å². The zero-order chi connectivity index (χ0) is 18.0. The molecule has 2 N–H and O–H groups in total. The van der Waals surface area contributed by atoms with Crippen molar-refractivity contribution in [3.8, 4) is 0 Å². The van der Waals surface area contributed by atoms with E-state index in [1.807, 2.05) is 48.5 Å². The second-order valence-electron chi connectivity index (χ2n) is 6.54. The van der Waals surface area contributed by atoms with Crippen molar-refractivity contribution < 1.29 is 9.59 Å². The lowest BCUT2D eigenvalue weighted by Gasteiger charge is -2.28. The normalized spacial score (nSPS) is 17.6. The highest BCUT2D eigenvalue weighted by Gasteiger charge is 2.35. The Balaban J connectivity index is 1.76. The monoisotopic (exact) mass is 354 g/mol. The maximum Gasteiger partial charge on any atom is 0.238 e. The lowest BCUT2D eigenvalue weighted by Crippen LogP contribution is -2.39. The summed E-state index contributed by atoms with van der Waals surface area (Å²) in [6, 6.07) is 15.5. The van der Waals surface area contributed by atoms with Gasteiger partial charge in [-0.05, 0) is 29.7 Å². The standard InChI is InChI=1S/C20H22N2O2S/c1-12(2)14-8-4-5-9-15(14)21-19(23)13(3)18-20(24)22-16-10-6-7-11-17(16)25-18/h4-13,18H,1-3H3,(H,21,23)(H,22,24). The van der Waals surface area contributed by atoms with Crippen LogP contribution in [0.1, 0.15) is 32.3 Å². The summed E-state index contributed by atoms with van der Waals surface area (Å²) < 4.78 is 0. The molecule has 0 radical (unpaired) electrons. The molecule has 0 aliphatic carbocycles. The molecule has 1 aliphatic heterocycles. The van der Waals surface area contributed by atoms with Gasteiger partial charge in [-0.15, -0.1) is 11.8 Å². The van der Waals surface area contributed by atoms with Crippen LogP contribution in [0.4, 0.5) is 11.4 Å². The molecule has 5 heteroatoms. The van der Waals surface area contributed by atoms with E-state index in [2.05, 4.69) is 24.5 Å². The van der Waals surface area contributed by atoms with Gasteiger partial charge >= 0.3 is 0 Å². The molecular weight excluding hydrogens is 332 g/mol. The second-order valence-corrected chi connectivity index (χ2v) is 7.73. The van der Waals surface area contributed by atoms with Gasteiger partial charge in [-0.25, -0.2) is 0 Å². The third-order valence-corrected chi connectivity index (χ3v) is 5.85. The number of hydrogen-bond donors (Lipinski definition) is 2. The minimum atomic E-state index is -0.446. The number of amides is 2. The predicted octanol–water partition coefficient (Wildman–Crippen LogP) is 4.50. The van der Waals surface area contributed by atoms with Gasteiger partial charge in [-0.1, -0.05) is 51.1 Å². The van der Waals surface area contributed by atoms with Gasteiger partial charge in [-0.2, -0.15) is 0 Å². The molecule has 0 saturated heterocycles. The van der Waals surface area contributed by atoms with Crippen molar-refractivity contribution in [1.29, 1.82) is 0 Å². The van der Waals surface area contributed by atoms with Crippen LogP contribution in [0.5, 0.6) is 0 Å². The third kappa shape index (κ3) is 3.71. The number of benzene rings is 2. The Kier molecular flexibility index (Phi) is 5.13. The van der Waals surface area contributed by atoms with Crippen molar-refractivity contribution in [2.45, 2.75) is 36.8 Å². The van der Waals surface area contributed by atoms with Crippen LogP contribution in [-0.4, -0.2) is 17.1 Å². The number of carbonyl (C=O) groups excluding carboxylic acids is 2. The molecule has 0 aromatic heterocycles. The Morgan fingerprint density at radius 1 is 1.08 bits per heavy atom. The lowest BCUT2D eigenvalue weighted by molar-refractivity contribution is -0.123. The number of para-hydroxylation sites is 2. The molecule has 2 aromatic carbocycles.